The molecule has 1 N–H and O–H groups in total. The lowest BCUT2D eigenvalue weighted by atomic mass is 10.3. The zero-order chi connectivity index (χ0) is 8.97. The molecule has 1 aliphatic rings. The summed E-state index contributed by atoms with van der Waals surface area (Å²) in [6.45, 7) is 3.12. The number of amides is 1. The van der Waals surface area contributed by atoms with Crippen LogP contribution < -0.4 is 0 Å². The molecule has 70 valence electrons. The van der Waals surface area contributed by atoms with Gasteiger partial charge in [-0.1, -0.05) is 0 Å². The lowest BCUT2D eigenvalue weighted by molar-refractivity contribution is -0.138. The normalized spacial score (nSPS) is 21.7. The average molecular weight is 189 g/mol. The van der Waals surface area contributed by atoms with Crippen LogP contribution in [0.15, 0.2) is 0 Å². The summed E-state index contributed by atoms with van der Waals surface area (Å²) in [7, 11) is 0. The van der Waals surface area contributed by atoms with Gasteiger partial charge in [0.2, 0.25) is 0 Å². The average Bonchev–Trinajstić information content (AvgIpc) is 2.30. The van der Waals surface area contributed by atoms with Crippen LogP contribution in [0.5, 0.6) is 0 Å². The Morgan fingerprint density at radius 1 is 1.50 bits per heavy atom. The highest BCUT2D eigenvalue weighted by atomic mass is 32.2. The summed E-state index contributed by atoms with van der Waals surface area (Å²) in [4.78, 5) is 13.1. The van der Waals surface area contributed by atoms with Crippen molar-refractivity contribution in [1.29, 1.82) is 0 Å². The van der Waals surface area contributed by atoms with Gasteiger partial charge in [-0.3, -0.25) is 4.79 Å². The van der Waals surface area contributed by atoms with Gasteiger partial charge in [0.05, 0.1) is 0 Å². The van der Waals surface area contributed by atoms with Gasteiger partial charge in [0, 0.05) is 18.8 Å². The Bertz CT molecular complexity index is 153. The predicted octanol–water partition coefficient (Wildman–Crippen LogP) is 0.333. The van der Waals surface area contributed by atoms with Crippen LogP contribution in [-0.4, -0.2) is 46.6 Å². The number of thioether (sulfide) groups is 1. The number of aliphatic hydroxyl groups excluding tert-OH is 1. The highest BCUT2D eigenvalue weighted by molar-refractivity contribution is 7.99. The predicted molar refractivity (Wildman–Crippen MR) is 50.2 cm³/mol. The Kier molecular flexibility index (Phi) is 3.88. The van der Waals surface area contributed by atoms with Crippen molar-refractivity contribution in [2.24, 2.45) is 0 Å². The van der Waals surface area contributed by atoms with Crippen molar-refractivity contribution in [2.75, 3.05) is 24.6 Å². The molecule has 0 saturated carbocycles. The minimum Gasteiger partial charge on any atom is -0.384 e. The van der Waals surface area contributed by atoms with Crippen LogP contribution in [0.4, 0.5) is 0 Å². The maximum Gasteiger partial charge on any atom is 0.251 e. The summed E-state index contributed by atoms with van der Waals surface area (Å²) in [5.41, 5.74) is 0. The molecule has 0 radical (unpaired) electrons. The van der Waals surface area contributed by atoms with Gasteiger partial charge in [0.1, 0.15) is 6.10 Å². The molecule has 1 atom stereocenters. The summed E-state index contributed by atoms with van der Waals surface area (Å²) >= 11 is 1.87. The third-order valence-electron chi connectivity index (χ3n) is 1.89. The fourth-order valence-electron chi connectivity index (χ4n) is 1.23. The van der Waals surface area contributed by atoms with Gasteiger partial charge < -0.3 is 10.0 Å². The Morgan fingerprint density at radius 3 is 2.92 bits per heavy atom. The molecule has 12 heavy (non-hydrogen) atoms. The molecule has 1 rings (SSSR count). The van der Waals surface area contributed by atoms with Gasteiger partial charge in [0.25, 0.3) is 5.91 Å². The quantitative estimate of drug-likeness (QED) is 0.646. The Balaban J connectivity index is 2.43. The van der Waals surface area contributed by atoms with Crippen molar-refractivity contribution in [3.8, 4) is 0 Å². The largest absolute Gasteiger partial charge is 0.384 e. The fraction of sp³-hybridized carbons (Fsp3) is 0.875. The first-order chi connectivity index (χ1) is 5.72. The van der Waals surface area contributed by atoms with E-state index in [-0.39, 0.29) is 5.91 Å². The highest BCUT2D eigenvalue weighted by Crippen LogP contribution is 2.10. The molecule has 1 heterocycles. The van der Waals surface area contributed by atoms with E-state index >= 15 is 0 Å². The van der Waals surface area contributed by atoms with Gasteiger partial charge >= 0.3 is 0 Å². The summed E-state index contributed by atoms with van der Waals surface area (Å²) < 4.78 is 0. The molecule has 0 aliphatic carbocycles. The minimum absolute atomic E-state index is 0.127. The number of nitrogens with zero attached hydrogens (tertiary/aromatic N) is 1. The first kappa shape index (κ1) is 9.86. The molecule has 4 heteroatoms. The third-order valence-corrected chi connectivity index (χ3v) is 2.94. The second-order valence-corrected chi connectivity index (χ2v) is 4.19. The zero-order valence-electron chi connectivity index (χ0n) is 7.32. The van der Waals surface area contributed by atoms with E-state index in [0.29, 0.717) is 0 Å². The number of aliphatic hydroxyl groups is 1. The molecular weight excluding hydrogens is 174 g/mol. The van der Waals surface area contributed by atoms with E-state index in [4.69, 9.17) is 5.11 Å². The molecule has 1 fully saturated rings. The van der Waals surface area contributed by atoms with E-state index in [9.17, 15) is 4.79 Å². The lowest BCUT2D eigenvalue weighted by Crippen LogP contribution is -2.39. The molecule has 0 aromatic carbocycles. The molecule has 0 bridgehead atoms. The van der Waals surface area contributed by atoms with E-state index in [0.717, 1.165) is 31.0 Å². The Hall–Kier alpha value is -0.220. The zero-order valence-corrected chi connectivity index (χ0v) is 8.14. The third kappa shape index (κ3) is 2.68. The van der Waals surface area contributed by atoms with E-state index in [2.05, 4.69) is 0 Å². The molecule has 0 aromatic rings. The summed E-state index contributed by atoms with van der Waals surface area (Å²) in [6.07, 6.45) is 0.205. The maximum absolute atomic E-state index is 11.3. The van der Waals surface area contributed by atoms with Crippen LogP contribution in [-0.2, 0) is 4.79 Å². The summed E-state index contributed by atoms with van der Waals surface area (Å²) in [5.74, 6) is 2.00. The van der Waals surface area contributed by atoms with Crippen molar-refractivity contribution in [1.82, 2.24) is 4.90 Å². The standard InChI is InChI=1S/C8H15NO2S/c1-7(10)8(11)9-3-2-5-12-6-4-9/h7,10H,2-6H2,1H3/t7-/m1/s1. The Labute approximate surface area is 77.1 Å². The molecule has 1 amide bonds. The van der Waals surface area contributed by atoms with Crippen molar-refractivity contribution < 1.29 is 9.90 Å². The van der Waals surface area contributed by atoms with Crippen molar-refractivity contribution in [2.45, 2.75) is 19.4 Å². The summed E-state index contributed by atoms with van der Waals surface area (Å²) in [6, 6.07) is 0. The second kappa shape index (κ2) is 4.72. The number of carbonyl (C=O) groups excluding carboxylic acids is 1. The Morgan fingerprint density at radius 2 is 2.25 bits per heavy atom. The molecule has 0 aromatic heterocycles. The van der Waals surface area contributed by atoms with Crippen molar-refractivity contribution in [3.63, 3.8) is 0 Å². The summed E-state index contributed by atoms with van der Waals surface area (Å²) in [5, 5.41) is 9.07. The van der Waals surface area contributed by atoms with Crippen molar-refractivity contribution in [3.05, 3.63) is 0 Å². The van der Waals surface area contributed by atoms with E-state index < -0.39 is 6.10 Å². The first-order valence-corrected chi connectivity index (χ1v) is 5.42. The molecule has 0 spiro atoms. The molecule has 0 unspecified atom stereocenters. The second-order valence-electron chi connectivity index (χ2n) is 2.97. The topological polar surface area (TPSA) is 40.5 Å². The van der Waals surface area contributed by atoms with Crippen LogP contribution >= 0.6 is 11.8 Å². The van der Waals surface area contributed by atoms with Crippen LogP contribution in [0.25, 0.3) is 0 Å². The van der Waals surface area contributed by atoms with Gasteiger partial charge in [-0.15, -0.1) is 0 Å². The number of hydrogen-bond donors (Lipinski definition) is 1. The van der Waals surface area contributed by atoms with E-state index in [1.807, 2.05) is 11.8 Å². The van der Waals surface area contributed by atoms with Crippen LogP contribution in [0.2, 0.25) is 0 Å². The number of carbonyl (C=O) groups is 1. The smallest absolute Gasteiger partial charge is 0.251 e. The lowest BCUT2D eigenvalue weighted by Gasteiger charge is -2.21. The van der Waals surface area contributed by atoms with E-state index in [1.165, 1.54) is 6.92 Å². The van der Waals surface area contributed by atoms with Crippen LogP contribution in [0, 0.1) is 0 Å². The van der Waals surface area contributed by atoms with Crippen molar-refractivity contribution >= 4 is 17.7 Å². The number of hydrogen-bond acceptors (Lipinski definition) is 3. The minimum atomic E-state index is -0.840. The van der Waals surface area contributed by atoms with Gasteiger partial charge in [-0.2, -0.15) is 11.8 Å². The van der Waals surface area contributed by atoms with Gasteiger partial charge in [0.15, 0.2) is 0 Å². The maximum atomic E-state index is 11.3. The highest BCUT2D eigenvalue weighted by Gasteiger charge is 2.18. The van der Waals surface area contributed by atoms with Gasteiger partial charge in [-0.25, -0.2) is 0 Å². The number of rotatable bonds is 1. The van der Waals surface area contributed by atoms with Gasteiger partial charge in [-0.05, 0) is 19.1 Å². The fourth-order valence-corrected chi connectivity index (χ4v) is 2.12. The van der Waals surface area contributed by atoms with Crippen LogP contribution in [0.1, 0.15) is 13.3 Å². The first-order valence-electron chi connectivity index (χ1n) is 4.26. The molecule has 1 aliphatic heterocycles. The monoisotopic (exact) mass is 189 g/mol. The molecule has 1 saturated heterocycles. The molecular formula is C8H15NO2S. The molecule has 3 nitrogen and oxygen atoms in total. The van der Waals surface area contributed by atoms with Crippen LogP contribution in [0.3, 0.4) is 0 Å². The SMILES string of the molecule is C[C@@H](O)C(=O)N1CCCSCC1. The van der Waals surface area contributed by atoms with E-state index in [1.54, 1.807) is 4.90 Å².